The summed E-state index contributed by atoms with van der Waals surface area (Å²) >= 11 is 1.95. The molecule has 1 unspecified atom stereocenters. The second-order valence-electron chi connectivity index (χ2n) is 7.14. The minimum absolute atomic E-state index is 0. The highest BCUT2D eigenvalue weighted by Crippen LogP contribution is 2.25. The molecule has 3 rings (SSSR count). The van der Waals surface area contributed by atoms with Crippen LogP contribution in [0, 0.1) is 5.92 Å². The Labute approximate surface area is 195 Å². The van der Waals surface area contributed by atoms with Crippen LogP contribution in [0.3, 0.4) is 0 Å². The fraction of sp³-hybridized carbons (Fsp3) is 0.455. The number of likely N-dealkylation sites (tertiary alicyclic amines) is 1. The van der Waals surface area contributed by atoms with Crippen molar-refractivity contribution in [2.45, 2.75) is 30.7 Å². The Balaban J connectivity index is 0.00000300. The van der Waals surface area contributed by atoms with E-state index in [0.717, 1.165) is 50.7 Å². The van der Waals surface area contributed by atoms with Gasteiger partial charge in [0.1, 0.15) is 0 Å². The Morgan fingerprint density at radius 2 is 1.97 bits per heavy atom. The molecular weight excluding hydrogens is 495 g/mol. The zero-order chi connectivity index (χ0) is 19.6. The normalized spacial score (nSPS) is 16.5. The number of aromatic nitrogens is 1. The lowest BCUT2D eigenvalue weighted by Crippen LogP contribution is -2.40. The van der Waals surface area contributed by atoms with E-state index in [1.54, 1.807) is 16.7 Å². The van der Waals surface area contributed by atoms with Gasteiger partial charge in [0.05, 0.1) is 0 Å². The Bertz CT molecular complexity index is 812. The van der Waals surface area contributed by atoms with Crippen molar-refractivity contribution in [1.82, 2.24) is 14.8 Å². The zero-order valence-electron chi connectivity index (χ0n) is 17.0. The number of pyridine rings is 1. The summed E-state index contributed by atoms with van der Waals surface area (Å²) in [6, 6.07) is 15.9. The van der Waals surface area contributed by atoms with E-state index in [2.05, 4.69) is 45.5 Å². The number of guanidine groups is 1. The highest BCUT2D eigenvalue weighted by Gasteiger charge is 2.24. The number of rotatable bonds is 8. The second kappa shape index (κ2) is 13.0. The highest BCUT2D eigenvalue weighted by atomic mass is 127. The number of aliphatic imine (C=N–C) groups is 1. The summed E-state index contributed by atoms with van der Waals surface area (Å²) in [6.07, 6.45) is 5.07. The fourth-order valence-electron chi connectivity index (χ4n) is 3.48. The third-order valence-corrected chi connectivity index (χ3v) is 6.28. The average molecular weight is 526 g/mol. The van der Waals surface area contributed by atoms with Crippen LogP contribution in [0.2, 0.25) is 0 Å². The van der Waals surface area contributed by atoms with Crippen LogP contribution in [0.5, 0.6) is 0 Å². The number of hydrogen-bond acceptors (Lipinski definition) is 3. The molecule has 0 spiro atoms. The van der Waals surface area contributed by atoms with Crippen LogP contribution < -0.4 is 10.9 Å². The lowest BCUT2D eigenvalue weighted by Gasteiger charge is -2.21. The maximum Gasteiger partial charge on any atom is 0.250 e. The van der Waals surface area contributed by atoms with E-state index in [0.29, 0.717) is 5.92 Å². The number of nitrogens with zero attached hydrogens (tertiary/aromatic N) is 3. The number of aryl methyl sites for hydroxylation is 1. The molecule has 29 heavy (non-hydrogen) atoms. The molecule has 158 valence electrons. The van der Waals surface area contributed by atoms with E-state index >= 15 is 0 Å². The SMILES string of the molecule is CN=C(NCCCCn1ccccc1=O)N1CCC(CSc2ccccc2)C1.I. The molecule has 1 aromatic heterocycles. The first-order chi connectivity index (χ1) is 13.8. The molecular formula is C22H31IN4OS. The summed E-state index contributed by atoms with van der Waals surface area (Å²) in [4.78, 5) is 19.9. The Hall–Kier alpha value is -1.48. The van der Waals surface area contributed by atoms with Crippen LogP contribution in [0.1, 0.15) is 19.3 Å². The van der Waals surface area contributed by atoms with Gasteiger partial charge in [-0.25, -0.2) is 0 Å². The smallest absolute Gasteiger partial charge is 0.250 e. The van der Waals surface area contributed by atoms with E-state index < -0.39 is 0 Å². The molecule has 0 radical (unpaired) electrons. The predicted octanol–water partition coefficient (Wildman–Crippen LogP) is 3.94. The van der Waals surface area contributed by atoms with Crippen molar-refractivity contribution < 1.29 is 0 Å². The van der Waals surface area contributed by atoms with E-state index in [1.807, 2.05) is 31.1 Å². The summed E-state index contributed by atoms with van der Waals surface area (Å²) in [5.74, 6) is 2.86. The molecule has 2 aromatic rings. The second-order valence-corrected chi connectivity index (χ2v) is 8.23. The molecule has 1 saturated heterocycles. The van der Waals surface area contributed by atoms with Gasteiger partial charge < -0.3 is 14.8 Å². The van der Waals surface area contributed by atoms with Crippen molar-refractivity contribution >= 4 is 41.7 Å². The number of halogens is 1. The molecule has 1 aliphatic heterocycles. The predicted molar refractivity (Wildman–Crippen MR) is 134 cm³/mol. The van der Waals surface area contributed by atoms with Crippen molar-refractivity contribution in [3.63, 3.8) is 0 Å². The third kappa shape index (κ3) is 7.70. The number of unbranched alkanes of at least 4 members (excludes halogenated alkanes) is 1. The molecule has 0 aliphatic carbocycles. The molecule has 7 heteroatoms. The van der Waals surface area contributed by atoms with Gasteiger partial charge in [-0.2, -0.15) is 0 Å². The van der Waals surface area contributed by atoms with Gasteiger partial charge in [0, 0.05) is 56.1 Å². The molecule has 2 heterocycles. The van der Waals surface area contributed by atoms with Crippen LogP contribution in [0.25, 0.3) is 0 Å². The minimum atomic E-state index is 0. The standard InChI is InChI=1S/C22H30N4OS.HI/c1-23-22(24-13-6-8-15-25-14-7-5-11-21(25)27)26-16-12-19(17-26)18-28-20-9-3-2-4-10-20;/h2-5,7,9-11,14,19H,6,8,12-13,15-18H2,1H3,(H,23,24);1H. The first-order valence-corrected chi connectivity index (χ1v) is 11.0. The van der Waals surface area contributed by atoms with Crippen LogP contribution >= 0.6 is 35.7 Å². The van der Waals surface area contributed by atoms with E-state index in [1.165, 1.54) is 11.3 Å². The lowest BCUT2D eigenvalue weighted by atomic mass is 10.2. The van der Waals surface area contributed by atoms with Crippen molar-refractivity contribution in [2.75, 3.05) is 32.4 Å². The van der Waals surface area contributed by atoms with E-state index in [9.17, 15) is 4.79 Å². The summed E-state index contributed by atoms with van der Waals surface area (Å²) in [6.45, 7) is 3.79. The number of hydrogen-bond donors (Lipinski definition) is 1. The summed E-state index contributed by atoms with van der Waals surface area (Å²) < 4.78 is 1.77. The van der Waals surface area contributed by atoms with Gasteiger partial charge in [-0.15, -0.1) is 35.7 Å². The van der Waals surface area contributed by atoms with Gasteiger partial charge in [0.25, 0.3) is 0 Å². The molecule has 1 fully saturated rings. The van der Waals surface area contributed by atoms with Gasteiger partial charge >= 0.3 is 0 Å². The monoisotopic (exact) mass is 526 g/mol. The summed E-state index contributed by atoms with van der Waals surface area (Å²) in [5.41, 5.74) is 0.0720. The average Bonchev–Trinajstić information content (AvgIpc) is 3.20. The lowest BCUT2D eigenvalue weighted by molar-refractivity contribution is 0.471. The number of benzene rings is 1. The Morgan fingerprint density at radius 3 is 2.72 bits per heavy atom. The molecule has 0 saturated carbocycles. The Kier molecular flexibility index (Phi) is 10.6. The largest absolute Gasteiger partial charge is 0.356 e. The Morgan fingerprint density at radius 1 is 1.17 bits per heavy atom. The first kappa shape index (κ1) is 23.8. The van der Waals surface area contributed by atoms with E-state index in [-0.39, 0.29) is 29.5 Å². The summed E-state index contributed by atoms with van der Waals surface area (Å²) in [7, 11) is 1.86. The number of nitrogens with one attached hydrogen (secondary N) is 1. The maximum atomic E-state index is 11.7. The van der Waals surface area contributed by atoms with Gasteiger partial charge in [0.2, 0.25) is 5.56 Å². The van der Waals surface area contributed by atoms with Crippen LogP contribution in [-0.4, -0.2) is 47.9 Å². The molecule has 5 nitrogen and oxygen atoms in total. The van der Waals surface area contributed by atoms with Gasteiger partial charge in [-0.1, -0.05) is 24.3 Å². The molecule has 1 atom stereocenters. The van der Waals surface area contributed by atoms with Crippen molar-refractivity contribution in [3.05, 3.63) is 65.1 Å². The molecule has 1 N–H and O–H groups in total. The topological polar surface area (TPSA) is 49.6 Å². The fourth-order valence-corrected chi connectivity index (χ4v) is 4.53. The van der Waals surface area contributed by atoms with Crippen molar-refractivity contribution in [1.29, 1.82) is 0 Å². The number of thioether (sulfide) groups is 1. The molecule has 1 aliphatic rings. The van der Waals surface area contributed by atoms with Crippen LogP contribution in [0.4, 0.5) is 0 Å². The van der Waals surface area contributed by atoms with Gasteiger partial charge in [-0.05, 0) is 43.4 Å². The first-order valence-electron chi connectivity index (χ1n) is 10.0. The molecule has 1 aromatic carbocycles. The van der Waals surface area contributed by atoms with Crippen LogP contribution in [0.15, 0.2) is 69.4 Å². The van der Waals surface area contributed by atoms with Crippen molar-refractivity contribution in [3.8, 4) is 0 Å². The van der Waals surface area contributed by atoms with Gasteiger partial charge in [0.15, 0.2) is 5.96 Å². The summed E-state index contributed by atoms with van der Waals surface area (Å²) in [5, 5.41) is 3.49. The highest BCUT2D eigenvalue weighted by molar-refractivity contribution is 14.0. The van der Waals surface area contributed by atoms with Gasteiger partial charge in [-0.3, -0.25) is 9.79 Å². The zero-order valence-corrected chi connectivity index (χ0v) is 20.1. The quantitative estimate of drug-likeness (QED) is 0.186. The molecule has 0 amide bonds. The minimum Gasteiger partial charge on any atom is -0.356 e. The third-order valence-electron chi connectivity index (χ3n) is 5.03. The van der Waals surface area contributed by atoms with Crippen molar-refractivity contribution in [2.24, 2.45) is 10.9 Å². The molecule has 0 bridgehead atoms. The van der Waals surface area contributed by atoms with E-state index in [4.69, 9.17) is 0 Å². The van der Waals surface area contributed by atoms with Crippen LogP contribution in [-0.2, 0) is 6.54 Å². The maximum absolute atomic E-state index is 11.7.